The minimum absolute atomic E-state index is 0. The van der Waals surface area contributed by atoms with Crippen LogP contribution in [0.1, 0.15) is 6.42 Å². The third-order valence-electron chi connectivity index (χ3n) is 2.57. The fourth-order valence-electron chi connectivity index (χ4n) is 1.64. The predicted octanol–water partition coefficient (Wildman–Crippen LogP) is -6.30. The molecule has 0 radical (unpaired) electrons. The van der Waals surface area contributed by atoms with Gasteiger partial charge in [0.15, 0.2) is 0 Å². The van der Waals surface area contributed by atoms with E-state index >= 15 is 0 Å². The zero-order valence-electron chi connectivity index (χ0n) is 7.17. The highest BCUT2D eigenvalue weighted by molar-refractivity contribution is 4.91. The van der Waals surface area contributed by atoms with Gasteiger partial charge in [0.2, 0.25) is 0 Å². The van der Waals surface area contributed by atoms with Crippen LogP contribution >= 0.6 is 0 Å². The van der Waals surface area contributed by atoms with E-state index in [2.05, 4.69) is 5.73 Å². The van der Waals surface area contributed by atoms with Crippen LogP contribution in [-0.4, -0.2) is 51.4 Å². The maximum absolute atomic E-state index is 9.36. The van der Waals surface area contributed by atoms with Crippen molar-refractivity contribution in [2.75, 3.05) is 6.61 Å². The Balaban J connectivity index is 0.00000144. The SMILES string of the molecule is [Cl-].[NH3+][C@H]1[C@H](O)[C@H](O)C[C@H](O)[C@H]1CO. The molecule has 0 saturated heterocycles. The van der Waals surface area contributed by atoms with E-state index in [1.165, 1.54) is 0 Å². The Morgan fingerprint density at radius 3 is 2.15 bits per heavy atom. The van der Waals surface area contributed by atoms with E-state index < -0.39 is 30.3 Å². The molecule has 1 rings (SSSR count). The molecule has 13 heavy (non-hydrogen) atoms. The fraction of sp³-hybridized carbons (Fsp3) is 1.00. The lowest BCUT2D eigenvalue weighted by molar-refractivity contribution is -0.467. The summed E-state index contributed by atoms with van der Waals surface area (Å²) in [6.07, 6.45) is -2.52. The van der Waals surface area contributed by atoms with Crippen LogP contribution < -0.4 is 18.1 Å². The second-order valence-corrected chi connectivity index (χ2v) is 3.37. The molecule has 6 heteroatoms. The zero-order chi connectivity index (χ0) is 9.30. The molecule has 0 amide bonds. The molecule has 1 fully saturated rings. The first-order chi connectivity index (χ1) is 5.57. The molecular weight excluding hydrogens is 198 g/mol. The molecule has 1 aliphatic carbocycles. The molecule has 5 atom stereocenters. The molecule has 1 saturated carbocycles. The summed E-state index contributed by atoms with van der Waals surface area (Å²) in [6, 6.07) is -0.506. The topological polar surface area (TPSA) is 109 Å². The highest BCUT2D eigenvalue weighted by Crippen LogP contribution is 2.22. The Bertz CT molecular complexity index is 159. The van der Waals surface area contributed by atoms with E-state index in [1.54, 1.807) is 0 Å². The summed E-state index contributed by atoms with van der Waals surface area (Å²) in [4.78, 5) is 0. The van der Waals surface area contributed by atoms with Crippen molar-refractivity contribution in [2.45, 2.75) is 30.8 Å². The van der Waals surface area contributed by atoms with Gasteiger partial charge in [0.1, 0.15) is 12.1 Å². The molecule has 80 valence electrons. The number of hydrogen-bond acceptors (Lipinski definition) is 4. The van der Waals surface area contributed by atoms with Crippen molar-refractivity contribution < 1.29 is 38.6 Å². The Labute approximate surface area is 82.6 Å². The predicted molar refractivity (Wildman–Crippen MR) is 39.9 cm³/mol. The molecule has 0 aromatic carbocycles. The van der Waals surface area contributed by atoms with Gasteiger partial charge in [-0.3, -0.25) is 0 Å². The van der Waals surface area contributed by atoms with E-state index in [0.29, 0.717) is 0 Å². The maximum atomic E-state index is 9.36. The van der Waals surface area contributed by atoms with Gasteiger partial charge in [-0.1, -0.05) is 0 Å². The Morgan fingerprint density at radius 1 is 1.15 bits per heavy atom. The number of quaternary nitrogens is 1. The third kappa shape index (κ3) is 2.52. The van der Waals surface area contributed by atoms with Crippen molar-refractivity contribution >= 4 is 0 Å². The van der Waals surface area contributed by atoms with Crippen LogP contribution in [-0.2, 0) is 0 Å². The average Bonchev–Trinajstić information content (AvgIpc) is 2.01. The van der Waals surface area contributed by atoms with E-state index in [9.17, 15) is 15.3 Å². The van der Waals surface area contributed by atoms with Crippen LogP contribution in [0, 0.1) is 5.92 Å². The Kier molecular flexibility index (Phi) is 5.13. The fourth-order valence-corrected chi connectivity index (χ4v) is 1.64. The number of aliphatic hydroxyl groups is 4. The Hall–Kier alpha value is 0.0900. The van der Waals surface area contributed by atoms with Crippen LogP contribution in [0.5, 0.6) is 0 Å². The summed E-state index contributed by atoms with van der Waals surface area (Å²) < 4.78 is 0. The lowest BCUT2D eigenvalue weighted by atomic mass is 9.79. The summed E-state index contributed by atoms with van der Waals surface area (Å²) in [6.45, 7) is -0.209. The Morgan fingerprint density at radius 2 is 1.69 bits per heavy atom. The maximum Gasteiger partial charge on any atom is 0.132 e. The number of halogens is 1. The standard InChI is InChI=1S/C7H15NO4.ClH/c8-6-3(2-9)4(10)1-5(11)7(6)12;/h3-7,9-12H,1-2,8H2;1H/t3-,4+,5-,6-,7-;/m1./s1. The van der Waals surface area contributed by atoms with Crippen LogP contribution in [0.3, 0.4) is 0 Å². The summed E-state index contributed by atoms with van der Waals surface area (Å²) in [5.41, 5.74) is 3.60. The van der Waals surface area contributed by atoms with Gasteiger partial charge in [0, 0.05) is 6.42 Å². The summed E-state index contributed by atoms with van der Waals surface area (Å²) in [5, 5.41) is 36.7. The van der Waals surface area contributed by atoms with Crippen molar-refractivity contribution in [1.29, 1.82) is 0 Å². The van der Waals surface area contributed by atoms with Crippen molar-refractivity contribution in [2.24, 2.45) is 5.92 Å². The van der Waals surface area contributed by atoms with E-state index in [4.69, 9.17) is 5.11 Å². The van der Waals surface area contributed by atoms with Crippen LogP contribution in [0.4, 0.5) is 0 Å². The summed E-state index contributed by atoms with van der Waals surface area (Å²) in [7, 11) is 0. The minimum atomic E-state index is -0.939. The second-order valence-electron chi connectivity index (χ2n) is 3.37. The molecule has 1 aliphatic rings. The first-order valence-corrected chi connectivity index (χ1v) is 4.06. The van der Waals surface area contributed by atoms with Gasteiger partial charge in [-0.2, -0.15) is 0 Å². The van der Waals surface area contributed by atoms with Crippen LogP contribution in [0.2, 0.25) is 0 Å². The highest BCUT2D eigenvalue weighted by Gasteiger charge is 2.43. The molecule has 5 nitrogen and oxygen atoms in total. The van der Waals surface area contributed by atoms with Crippen molar-refractivity contribution in [1.82, 2.24) is 0 Å². The molecular formula is C7H16ClNO4. The van der Waals surface area contributed by atoms with E-state index in [-0.39, 0.29) is 25.4 Å². The molecule has 7 N–H and O–H groups in total. The first-order valence-electron chi connectivity index (χ1n) is 4.06. The van der Waals surface area contributed by atoms with Crippen molar-refractivity contribution in [3.8, 4) is 0 Å². The average molecular weight is 214 g/mol. The first kappa shape index (κ1) is 13.1. The van der Waals surface area contributed by atoms with Crippen LogP contribution in [0.25, 0.3) is 0 Å². The molecule has 0 spiro atoms. The van der Waals surface area contributed by atoms with Crippen molar-refractivity contribution in [3.63, 3.8) is 0 Å². The van der Waals surface area contributed by atoms with Crippen molar-refractivity contribution in [3.05, 3.63) is 0 Å². The van der Waals surface area contributed by atoms with Gasteiger partial charge >= 0.3 is 0 Å². The number of aliphatic hydroxyl groups excluding tert-OH is 4. The van der Waals surface area contributed by atoms with Gasteiger partial charge in [-0.05, 0) is 0 Å². The van der Waals surface area contributed by atoms with Gasteiger partial charge < -0.3 is 38.6 Å². The molecule has 0 bridgehead atoms. The number of rotatable bonds is 1. The van der Waals surface area contributed by atoms with Gasteiger partial charge in [-0.15, -0.1) is 0 Å². The minimum Gasteiger partial charge on any atom is -1.00 e. The van der Waals surface area contributed by atoms with E-state index in [0.717, 1.165) is 0 Å². The monoisotopic (exact) mass is 213 g/mol. The second kappa shape index (κ2) is 5.09. The molecule has 0 unspecified atom stereocenters. The lowest BCUT2D eigenvalue weighted by Gasteiger charge is -2.36. The largest absolute Gasteiger partial charge is 1.00 e. The molecule has 0 aromatic rings. The molecule has 0 heterocycles. The summed E-state index contributed by atoms with van der Waals surface area (Å²) >= 11 is 0. The lowest BCUT2D eigenvalue weighted by Crippen LogP contribution is -3.00. The normalized spacial score (nSPS) is 45.5. The third-order valence-corrected chi connectivity index (χ3v) is 2.57. The van der Waals surface area contributed by atoms with Gasteiger partial charge in [-0.25, -0.2) is 0 Å². The molecule has 0 aromatic heterocycles. The number of hydrogen-bond donors (Lipinski definition) is 5. The quantitative estimate of drug-likeness (QED) is 0.299. The summed E-state index contributed by atoms with van der Waals surface area (Å²) in [5.74, 6) is -0.427. The van der Waals surface area contributed by atoms with Gasteiger partial charge in [0.25, 0.3) is 0 Å². The van der Waals surface area contributed by atoms with Crippen LogP contribution in [0.15, 0.2) is 0 Å². The highest BCUT2D eigenvalue weighted by atomic mass is 35.5. The van der Waals surface area contributed by atoms with E-state index in [1.807, 2.05) is 0 Å². The zero-order valence-corrected chi connectivity index (χ0v) is 7.93. The smallest absolute Gasteiger partial charge is 0.132 e. The molecule has 0 aliphatic heterocycles. The van der Waals surface area contributed by atoms with Gasteiger partial charge in [0.05, 0.1) is 24.7 Å².